The van der Waals surface area contributed by atoms with Gasteiger partial charge in [0.25, 0.3) is 10.1 Å². The topological polar surface area (TPSA) is 74.6 Å². The molecule has 4 nitrogen and oxygen atoms in total. The molecule has 0 saturated heterocycles. The van der Waals surface area contributed by atoms with Gasteiger partial charge in [0.1, 0.15) is 0 Å². The van der Waals surface area contributed by atoms with Crippen molar-refractivity contribution in [2.45, 2.75) is 147 Å². The second-order valence-corrected chi connectivity index (χ2v) is 10.2. The Bertz CT molecular complexity index is 422. The van der Waals surface area contributed by atoms with E-state index in [9.17, 15) is 18.1 Å². The molecular weight excluding hydrogens is 372 g/mol. The zero-order valence-corrected chi connectivity index (χ0v) is 19.5. The number of hydrogen-bond acceptors (Lipinski definition) is 3. The van der Waals surface area contributed by atoms with Gasteiger partial charge in [-0.05, 0) is 25.7 Å². The first-order valence-corrected chi connectivity index (χ1v) is 13.6. The predicted molar refractivity (Wildman–Crippen MR) is 120 cm³/mol. The lowest BCUT2D eigenvalue weighted by Crippen LogP contribution is -2.20. The molecule has 0 aromatic carbocycles. The first-order chi connectivity index (χ1) is 13.4. The predicted octanol–water partition coefficient (Wildman–Crippen LogP) is 7.06. The van der Waals surface area contributed by atoms with E-state index in [1.54, 1.807) is 0 Å². The standard InChI is InChI=1S/C23H48O4S/c1-3-5-7-8-9-10-11-12-13-15-20-23(28(25,26)27)21-17-16-19-22(24)18-14-6-4-2/h22-24H,3-21H2,1-2H3,(H,25,26,27). The molecule has 2 unspecified atom stereocenters. The molecule has 0 amide bonds. The summed E-state index contributed by atoms with van der Waals surface area (Å²) in [5.41, 5.74) is 0. The maximum atomic E-state index is 11.6. The maximum absolute atomic E-state index is 11.6. The lowest BCUT2D eigenvalue weighted by molar-refractivity contribution is 0.147. The Hall–Kier alpha value is -0.130. The fraction of sp³-hybridized carbons (Fsp3) is 1.00. The summed E-state index contributed by atoms with van der Waals surface area (Å²) in [6, 6.07) is 0. The molecule has 2 N–H and O–H groups in total. The van der Waals surface area contributed by atoms with Crippen LogP contribution in [0.25, 0.3) is 0 Å². The van der Waals surface area contributed by atoms with Crippen LogP contribution in [0.2, 0.25) is 0 Å². The molecule has 28 heavy (non-hydrogen) atoms. The van der Waals surface area contributed by atoms with Crippen LogP contribution in [0, 0.1) is 0 Å². The van der Waals surface area contributed by atoms with E-state index in [-0.39, 0.29) is 6.10 Å². The summed E-state index contributed by atoms with van der Waals surface area (Å²) in [5.74, 6) is 0. The molecule has 0 bridgehead atoms. The Balaban J connectivity index is 3.78. The summed E-state index contributed by atoms with van der Waals surface area (Å²) in [7, 11) is -3.96. The molecule has 0 aliphatic heterocycles. The minimum absolute atomic E-state index is 0.266. The highest BCUT2D eigenvalue weighted by Crippen LogP contribution is 2.20. The summed E-state index contributed by atoms with van der Waals surface area (Å²) in [5, 5.41) is 9.31. The van der Waals surface area contributed by atoms with Gasteiger partial charge in [-0.1, -0.05) is 110 Å². The van der Waals surface area contributed by atoms with Gasteiger partial charge in [-0.15, -0.1) is 0 Å². The van der Waals surface area contributed by atoms with Gasteiger partial charge in [-0.3, -0.25) is 4.55 Å². The van der Waals surface area contributed by atoms with E-state index in [0.717, 1.165) is 64.2 Å². The van der Waals surface area contributed by atoms with Crippen LogP contribution in [0.15, 0.2) is 0 Å². The van der Waals surface area contributed by atoms with Crippen LogP contribution >= 0.6 is 0 Å². The van der Waals surface area contributed by atoms with E-state index in [1.807, 2.05) is 0 Å². The third-order valence-electron chi connectivity index (χ3n) is 5.76. The lowest BCUT2D eigenvalue weighted by Gasteiger charge is -2.15. The highest BCUT2D eigenvalue weighted by Gasteiger charge is 2.22. The molecule has 0 rings (SSSR count). The van der Waals surface area contributed by atoms with Crippen LogP contribution in [0.3, 0.4) is 0 Å². The van der Waals surface area contributed by atoms with Crippen LogP contribution in [-0.2, 0) is 10.1 Å². The molecule has 5 heteroatoms. The Morgan fingerprint density at radius 3 is 1.36 bits per heavy atom. The molecule has 0 radical (unpaired) electrons. The molecule has 0 aromatic rings. The van der Waals surface area contributed by atoms with Crippen LogP contribution < -0.4 is 0 Å². The molecule has 0 aromatic heterocycles. The Labute approximate surface area is 175 Å². The highest BCUT2D eigenvalue weighted by molar-refractivity contribution is 7.86. The van der Waals surface area contributed by atoms with Gasteiger partial charge in [0.15, 0.2) is 0 Å². The summed E-state index contributed by atoms with van der Waals surface area (Å²) >= 11 is 0. The minimum atomic E-state index is -3.96. The fourth-order valence-corrected chi connectivity index (χ4v) is 4.76. The normalized spacial score (nSPS) is 14.3. The van der Waals surface area contributed by atoms with E-state index < -0.39 is 15.4 Å². The summed E-state index contributed by atoms with van der Waals surface area (Å²) in [6.45, 7) is 4.38. The van der Waals surface area contributed by atoms with Crippen molar-refractivity contribution in [2.24, 2.45) is 0 Å². The third-order valence-corrected chi connectivity index (χ3v) is 7.07. The van der Waals surface area contributed by atoms with Crippen molar-refractivity contribution in [1.82, 2.24) is 0 Å². The van der Waals surface area contributed by atoms with Crippen molar-refractivity contribution in [3.63, 3.8) is 0 Å². The monoisotopic (exact) mass is 420 g/mol. The van der Waals surface area contributed by atoms with Crippen molar-refractivity contribution in [1.29, 1.82) is 0 Å². The molecular formula is C23H48O4S. The summed E-state index contributed by atoms with van der Waals surface area (Å²) in [4.78, 5) is 0. The number of unbranched alkanes of at least 4 members (excludes halogenated alkanes) is 12. The Kier molecular flexibility index (Phi) is 18.8. The number of aliphatic hydroxyl groups is 1. The van der Waals surface area contributed by atoms with Crippen molar-refractivity contribution in [3.8, 4) is 0 Å². The van der Waals surface area contributed by atoms with E-state index >= 15 is 0 Å². The molecule has 0 saturated carbocycles. The van der Waals surface area contributed by atoms with Gasteiger partial charge in [-0.25, -0.2) is 0 Å². The Morgan fingerprint density at radius 1 is 0.571 bits per heavy atom. The summed E-state index contributed by atoms with van der Waals surface area (Å²) < 4.78 is 32.8. The SMILES string of the molecule is CCCCCCCCCCCCC(CCCCC(O)CCCCC)S(=O)(=O)O. The maximum Gasteiger partial charge on any atom is 0.267 e. The van der Waals surface area contributed by atoms with E-state index in [0.29, 0.717) is 12.8 Å². The second-order valence-electron chi connectivity index (χ2n) is 8.54. The van der Waals surface area contributed by atoms with Gasteiger partial charge < -0.3 is 5.11 Å². The van der Waals surface area contributed by atoms with Gasteiger partial charge in [0, 0.05) is 0 Å². The molecule has 170 valence electrons. The zero-order valence-electron chi connectivity index (χ0n) is 18.7. The fourth-order valence-electron chi connectivity index (χ4n) is 3.83. The van der Waals surface area contributed by atoms with E-state index in [4.69, 9.17) is 0 Å². The van der Waals surface area contributed by atoms with Crippen molar-refractivity contribution < 1.29 is 18.1 Å². The zero-order chi connectivity index (χ0) is 21.1. The first-order valence-electron chi connectivity index (χ1n) is 12.1. The average molecular weight is 421 g/mol. The molecule has 0 spiro atoms. The molecule has 0 aliphatic rings. The van der Waals surface area contributed by atoms with Gasteiger partial charge in [0.05, 0.1) is 11.4 Å². The Morgan fingerprint density at radius 2 is 0.893 bits per heavy atom. The molecule has 0 heterocycles. The molecule has 0 aliphatic carbocycles. The number of hydrogen-bond donors (Lipinski definition) is 2. The second kappa shape index (κ2) is 18.9. The lowest BCUT2D eigenvalue weighted by atomic mass is 10.0. The molecule has 2 atom stereocenters. The van der Waals surface area contributed by atoms with Gasteiger partial charge in [-0.2, -0.15) is 8.42 Å². The van der Waals surface area contributed by atoms with Crippen LogP contribution in [0.4, 0.5) is 0 Å². The van der Waals surface area contributed by atoms with Crippen LogP contribution in [0.5, 0.6) is 0 Å². The smallest absolute Gasteiger partial charge is 0.267 e. The van der Waals surface area contributed by atoms with Crippen molar-refractivity contribution in [3.05, 3.63) is 0 Å². The minimum Gasteiger partial charge on any atom is -0.393 e. The van der Waals surface area contributed by atoms with E-state index in [2.05, 4.69) is 13.8 Å². The number of rotatable bonds is 21. The largest absolute Gasteiger partial charge is 0.393 e. The van der Waals surface area contributed by atoms with Crippen molar-refractivity contribution >= 4 is 10.1 Å². The third kappa shape index (κ3) is 17.9. The first kappa shape index (κ1) is 27.9. The number of aliphatic hydroxyl groups excluding tert-OH is 1. The summed E-state index contributed by atoms with van der Waals surface area (Å²) in [6.07, 6.45) is 19.6. The highest BCUT2D eigenvalue weighted by atomic mass is 32.2. The average Bonchev–Trinajstić information content (AvgIpc) is 2.64. The van der Waals surface area contributed by atoms with Crippen LogP contribution in [-0.4, -0.2) is 29.4 Å². The quantitative estimate of drug-likeness (QED) is 0.154. The molecule has 0 fully saturated rings. The van der Waals surface area contributed by atoms with Crippen LogP contribution in [0.1, 0.15) is 136 Å². The van der Waals surface area contributed by atoms with Gasteiger partial charge in [0.2, 0.25) is 0 Å². The van der Waals surface area contributed by atoms with Crippen molar-refractivity contribution in [2.75, 3.05) is 0 Å². The van der Waals surface area contributed by atoms with E-state index in [1.165, 1.54) is 44.9 Å². The van der Waals surface area contributed by atoms with Gasteiger partial charge >= 0.3 is 0 Å².